The van der Waals surface area contributed by atoms with Crippen molar-refractivity contribution in [1.82, 2.24) is 5.32 Å². The molecule has 0 spiro atoms. The Balaban J connectivity index is 1.79. The van der Waals surface area contributed by atoms with Crippen molar-refractivity contribution < 1.29 is 4.74 Å². The molecule has 0 aromatic heterocycles. The molecular weight excluding hydrogens is 326 g/mol. The molecule has 1 atom stereocenters. The topological polar surface area (TPSA) is 21.3 Å². The largest absolute Gasteiger partial charge is 0.492 e. The zero-order chi connectivity index (χ0) is 15.2. The fourth-order valence-electron chi connectivity index (χ4n) is 1.99. The number of hydrogen-bond acceptors (Lipinski definition) is 2. The molecular formula is C18H22BrNO. The van der Waals surface area contributed by atoms with Gasteiger partial charge in [0.2, 0.25) is 0 Å². The van der Waals surface area contributed by atoms with Crippen LogP contribution in [0.5, 0.6) is 5.75 Å². The minimum atomic E-state index is 0.291. The molecule has 3 heteroatoms. The fraction of sp³-hybridized carbons (Fsp3) is 0.333. The van der Waals surface area contributed by atoms with Gasteiger partial charge in [0.1, 0.15) is 12.4 Å². The van der Waals surface area contributed by atoms with Gasteiger partial charge in [-0.25, -0.2) is 0 Å². The van der Waals surface area contributed by atoms with E-state index >= 15 is 0 Å². The number of nitrogens with one attached hydrogen (secondary N) is 1. The van der Waals surface area contributed by atoms with Crippen molar-refractivity contribution in [3.05, 3.63) is 63.6 Å². The highest BCUT2D eigenvalue weighted by Crippen LogP contribution is 2.18. The van der Waals surface area contributed by atoms with E-state index in [0.29, 0.717) is 12.6 Å². The molecule has 0 heterocycles. The van der Waals surface area contributed by atoms with Gasteiger partial charge in [0.05, 0.1) is 0 Å². The molecule has 0 fully saturated rings. The number of aryl methyl sites for hydroxylation is 2. The summed E-state index contributed by atoms with van der Waals surface area (Å²) in [7, 11) is 0. The van der Waals surface area contributed by atoms with Crippen LogP contribution in [0.4, 0.5) is 0 Å². The van der Waals surface area contributed by atoms with Crippen LogP contribution in [0.15, 0.2) is 46.9 Å². The molecule has 2 aromatic rings. The first kappa shape index (κ1) is 16.1. The zero-order valence-electron chi connectivity index (χ0n) is 12.8. The van der Waals surface area contributed by atoms with Crippen molar-refractivity contribution >= 4 is 15.9 Å². The van der Waals surface area contributed by atoms with Crippen molar-refractivity contribution in [3.8, 4) is 5.75 Å². The summed E-state index contributed by atoms with van der Waals surface area (Å²) in [6.45, 7) is 7.80. The summed E-state index contributed by atoms with van der Waals surface area (Å²) in [5.41, 5.74) is 3.78. The Morgan fingerprint density at radius 3 is 2.38 bits per heavy atom. The molecule has 0 saturated carbocycles. The van der Waals surface area contributed by atoms with E-state index in [1.807, 2.05) is 12.1 Å². The summed E-state index contributed by atoms with van der Waals surface area (Å²) in [5.74, 6) is 0.922. The lowest BCUT2D eigenvalue weighted by molar-refractivity contribution is 0.272. The maximum atomic E-state index is 5.79. The molecule has 0 amide bonds. The van der Waals surface area contributed by atoms with E-state index in [1.54, 1.807) is 0 Å². The van der Waals surface area contributed by atoms with Gasteiger partial charge in [-0.1, -0.05) is 45.8 Å². The van der Waals surface area contributed by atoms with Crippen molar-refractivity contribution in [2.75, 3.05) is 6.61 Å². The Morgan fingerprint density at radius 1 is 1.05 bits per heavy atom. The third kappa shape index (κ3) is 5.18. The molecule has 0 radical (unpaired) electrons. The van der Waals surface area contributed by atoms with E-state index in [4.69, 9.17) is 4.74 Å². The monoisotopic (exact) mass is 347 g/mol. The molecule has 0 aliphatic carbocycles. The molecule has 2 nitrogen and oxygen atoms in total. The van der Waals surface area contributed by atoms with Crippen LogP contribution in [-0.2, 0) is 6.54 Å². The first-order valence-electron chi connectivity index (χ1n) is 7.22. The van der Waals surface area contributed by atoms with E-state index in [-0.39, 0.29) is 0 Å². The van der Waals surface area contributed by atoms with Gasteiger partial charge in [-0.05, 0) is 50.1 Å². The molecule has 2 aromatic carbocycles. The second kappa shape index (κ2) is 7.62. The number of rotatable bonds is 6. The second-order valence-electron chi connectivity index (χ2n) is 5.50. The van der Waals surface area contributed by atoms with Gasteiger partial charge >= 0.3 is 0 Å². The Labute approximate surface area is 135 Å². The van der Waals surface area contributed by atoms with Crippen LogP contribution in [0.1, 0.15) is 23.6 Å². The lowest BCUT2D eigenvalue weighted by atomic mass is 10.1. The SMILES string of the molecule is Cc1ccc(OCC(C)NCc2ccc(C)cc2Br)cc1. The summed E-state index contributed by atoms with van der Waals surface area (Å²) in [4.78, 5) is 0. The number of ether oxygens (including phenoxy) is 1. The maximum absolute atomic E-state index is 5.79. The summed E-state index contributed by atoms with van der Waals surface area (Å²) < 4.78 is 6.94. The van der Waals surface area contributed by atoms with Gasteiger partial charge in [-0.2, -0.15) is 0 Å². The minimum absolute atomic E-state index is 0.291. The predicted molar refractivity (Wildman–Crippen MR) is 91.9 cm³/mol. The second-order valence-corrected chi connectivity index (χ2v) is 6.36. The molecule has 1 N–H and O–H groups in total. The smallest absolute Gasteiger partial charge is 0.119 e. The molecule has 112 valence electrons. The van der Waals surface area contributed by atoms with Crippen LogP contribution < -0.4 is 10.1 Å². The molecule has 1 unspecified atom stereocenters. The van der Waals surface area contributed by atoms with E-state index in [0.717, 1.165) is 16.8 Å². The van der Waals surface area contributed by atoms with E-state index in [2.05, 4.69) is 72.3 Å². The highest BCUT2D eigenvalue weighted by molar-refractivity contribution is 9.10. The van der Waals surface area contributed by atoms with Crippen molar-refractivity contribution in [2.45, 2.75) is 33.4 Å². The van der Waals surface area contributed by atoms with Gasteiger partial charge in [0.25, 0.3) is 0 Å². The molecule has 0 bridgehead atoms. The Bertz CT molecular complexity index is 580. The van der Waals surface area contributed by atoms with Gasteiger partial charge < -0.3 is 10.1 Å². The van der Waals surface area contributed by atoms with Gasteiger partial charge in [0, 0.05) is 17.1 Å². The summed E-state index contributed by atoms with van der Waals surface area (Å²) in [5, 5.41) is 3.49. The van der Waals surface area contributed by atoms with Crippen LogP contribution in [0, 0.1) is 13.8 Å². The van der Waals surface area contributed by atoms with Gasteiger partial charge in [-0.3, -0.25) is 0 Å². The van der Waals surface area contributed by atoms with Crippen LogP contribution in [-0.4, -0.2) is 12.6 Å². The first-order valence-corrected chi connectivity index (χ1v) is 8.02. The lowest BCUT2D eigenvalue weighted by Crippen LogP contribution is -2.31. The van der Waals surface area contributed by atoms with Gasteiger partial charge in [0.15, 0.2) is 0 Å². The summed E-state index contributed by atoms with van der Waals surface area (Å²) in [6, 6.07) is 14.9. The van der Waals surface area contributed by atoms with Crippen molar-refractivity contribution in [1.29, 1.82) is 0 Å². The van der Waals surface area contributed by atoms with Crippen molar-refractivity contribution in [2.24, 2.45) is 0 Å². The normalized spacial score (nSPS) is 12.2. The third-order valence-electron chi connectivity index (χ3n) is 3.37. The zero-order valence-corrected chi connectivity index (χ0v) is 14.4. The lowest BCUT2D eigenvalue weighted by Gasteiger charge is -2.16. The molecule has 0 saturated heterocycles. The summed E-state index contributed by atoms with van der Waals surface area (Å²) >= 11 is 3.61. The molecule has 0 aliphatic rings. The number of halogens is 1. The quantitative estimate of drug-likeness (QED) is 0.822. The number of hydrogen-bond donors (Lipinski definition) is 1. The highest BCUT2D eigenvalue weighted by Gasteiger charge is 2.05. The Morgan fingerprint density at radius 2 is 1.71 bits per heavy atom. The fourth-order valence-corrected chi connectivity index (χ4v) is 2.63. The van der Waals surface area contributed by atoms with E-state index in [9.17, 15) is 0 Å². The predicted octanol–water partition coefficient (Wildman–Crippen LogP) is 4.62. The highest BCUT2D eigenvalue weighted by atomic mass is 79.9. The maximum Gasteiger partial charge on any atom is 0.119 e. The first-order chi connectivity index (χ1) is 10.0. The van der Waals surface area contributed by atoms with Crippen LogP contribution in [0.2, 0.25) is 0 Å². The van der Waals surface area contributed by atoms with E-state index < -0.39 is 0 Å². The van der Waals surface area contributed by atoms with Gasteiger partial charge in [-0.15, -0.1) is 0 Å². The molecule has 0 aliphatic heterocycles. The minimum Gasteiger partial charge on any atom is -0.492 e. The summed E-state index contributed by atoms with van der Waals surface area (Å²) in [6.07, 6.45) is 0. The average Bonchev–Trinajstić information content (AvgIpc) is 2.46. The third-order valence-corrected chi connectivity index (χ3v) is 4.11. The van der Waals surface area contributed by atoms with Crippen LogP contribution >= 0.6 is 15.9 Å². The number of benzene rings is 2. The van der Waals surface area contributed by atoms with Crippen LogP contribution in [0.3, 0.4) is 0 Å². The van der Waals surface area contributed by atoms with Crippen molar-refractivity contribution in [3.63, 3.8) is 0 Å². The van der Waals surface area contributed by atoms with E-state index in [1.165, 1.54) is 16.7 Å². The Kier molecular flexibility index (Phi) is 5.83. The Hall–Kier alpha value is -1.32. The standard InChI is InChI=1S/C18H22BrNO/c1-13-5-8-17(9-6-13)21-12-15(3)20-11-16-7-4-14(2)10-18(16)19/h4-10,15,20H,11-12H2,1-3H3. The average molecular weight is 348 g/mol. The molecule has 2 rings (SSSR count). The van der Waals surface area contributed by atoms with Crippen LogP contribution in [0.25, 0.3) is 0 Å². The molecule has 21 heavy (non-hydrogen) atoms.